The van der Waals surface area contributed by atoms with Crippen LogP contribution in [0.2, 0.25) is 0 Å². The molecule has 15 heavy (non-hydrogen) atoms. The molecular formula is C12H9NO2. The maximum atomic E-state index is 10.8. The highest BCUT2D eigenvalue weighted by Crippen LogP contribution is 1.97. The van der Waals surface area contributed by atoms with Crippen LogP contribution in [0.5, 0.6) is 0 Å². The second-order valence-electron chi connectivity index (χ2n) is 3.08. The number of carboxylic acid groups (broad SMARTS) is 1. The maximum absolute atomic E-state index is 10.8. The molecule has 0 unspecified atom stereocenters. The minimum atomic E-state index is -1.02. The van der Waals surface area contributed by atoms with Crippen LogP contribution in [-0.4, -0.2) is 11.1 Å². The van der Waals surface area contributed by atoms with Gasteiger partial charge in [0.15, 0.2) is 0 Å². The van der Waals surface area contributed by atoms with Crippen molar-refractivity contribution in [1.82, 2.24) is 0 Å². The molecule has 3 heteroatoms. The fourth-order valence-electron chi connectivity index (χ4n) is 1.32. The van der Waals surface area contributed by atoms with Gasteiger partial charge >= 0.3 is 5.97 Å². The molecule has 1 N–H and O–H groups in total. The van der Waals surface area contributed by atoms with E-state index in [1.165, 1.54) is 6.08 Å². The summed E-state index contributed by atoms with van der Waals surface area (Å²) in [4.78, 5) is 14.9. The van der Waals surface area contributed by atoms with Crippen LogP contribution in [0.3, 0.4) is 0 Å². The number of fused-ring (bicyclic) bond motifs is 1. The highest BCUT2D eigenvalue weighted by Gasteiger charge is 2.03. The SMILES string of the molecule is O=C(O)C1=CC=CC=c2ccccc2=N1. The van der Waals surface area contributed by atoms with Gasteiger partial charge in [0.1, 0.15) is 5.70 Å². The largest absolute Gasteiger partial charge is 0.477 e. The molecule has 0 spiro atoms. The van der Waals surface area contributed by atoms with Crippen LogP contribution in [0.15, 0.2) is 53.2 Å². The lowest BCUT2D eigenvalue weighted by molar-refractivity contribution is -0.132. The van der Waals surface area contributed by atoms with Crippen molar-refractivity contribution >= 4 is 12.0 Å². The Morgan fingerprint density at radius 3 is 2.67 bits per heavy atom. The Balaban J connectivity index is 2.72. The molecule has 0 bridgehead atoms. The predicted molar refractivity (Wildman–Crippen MR) is 56.5 cm³/mol. The summed E-state index contributed by atoms with van der Waals surface area (Å²) in [7, 11) is 0. The van der Waals surface area contributed by atoms with Gasteiger partial charge in [-0.15, -0.1) is 0 Å². The van der Waals surface area contributed by atoms with E-state index in [1.54, 1.807) is 18.2 Å². The van der Waals surface area contributed by atoms with Crippen LogP contribution in [0.4, 0.5) is 0 Å². The summed E-state index contributed by atoms with van der Waals surface area (Å²) in [5.74, 6) is -1.02. The number of rotatable bonds is 1. The summed E-state index contributed by atoms with van der Waals surface area (Å²) in [5, 5.41) is 10.5. The van der Waals surface area contributed by atoms with Crippen molar-refractivity contribution in [3.8, 4) is 0 Å². The van der Waals surface area contributed by atoms with Crippen LogP contribution in [0.1, 0.15) is 0 Å². The Kier molecular flexibility index (Phi) is 2.46. The molecule has 0 fully saturated rings. The van der Waals surface area contributed by atoms with Crippen LogP contribution in [0, 0.1) is 0 Å². The third kappa shape index (κ3) is 2.02. The molecule has 2 rings (SSSR count). The summed E-state index contributed by atoms with van der Waals surface area (Å²) in [6.07, 6.45) is 6.85. The second-order valence-corrected chi connectivity index (χ2v) is 3.08. The minimum Gasteiger partial charge on any atom is -0.477 e. The van der Waals surface area contributed by atoms with E-state index in [9.17, 15) is 4.79 Å². The zero-order valence-corrected chi connectivity index (χ0v) is 7.92. The molecule has 0 saturated carbocycles. The number of carbonyl (C=O) groups is 1. The van der Waals surface area contributed by atoms with Crippen LogP contribution in [0.25, 0.3) is 6.08 Å². The number of allylic oxidation sites excluding steroid dienone is 3. The molecule has 0 aliphatic carbocycles. The Morgan fingerprint density at radius 1 is 1.13 bits per heavy atom. The van der Waals surface area contributed by atoms with E-state index >= 15 is 0 Å². The van der Waals surface area contributed by atoms with Gasteiger partial charge in [-0.25, -0.2) is 9.79 Å². The van der Waals surface area contributed by atoms with Crippen LogP contribution >= 0.6 is 0 Å². The highest BCUT2D eigenvalue weighted by molar-refractivity contribution is 5.86. The molecule has 1 aromatic carbocycles. The van der Waals surface area contributed by atoms with Gasteiger partial charge in [-0.05, 0) is 12.1 Å². The molecule has 0 amide bonds. The molecule has 0 radical (unpaired) electrons. The van der Waals surface area contributed by atoms with Crippen molar-refractivity contribution in [2.75, 3.05) is 0 Å². The molecule has 74 valence electrons. The van der Waals surface area contributed by atoms with Crippen molar-refractivity contribution in [3.05, 3.63) is 58.8 Å². The number of nitrogens with zero attached hydrogens (tertiary/aromatic N) is 1. The quantitative estimate of drug-likeness (QED) is 0.721. The second kappa shape index (κ2) is 3.92. The van der Waals surface area contributed by atoms with Crippen molar-refractivity contribution in [2.24, 2.45) is 4.99 Å². The van der Waals surface area contributed by atoms with Crippen molar-refractivity contribution in [1.29, 1.82) is 0 Å². The van der Waals surface area contributed by atoms with E-state index in [0.29, 0.717) is 5.36 Å². The number of aliphatic carboxylic acids is 1. The number of hydrogen-bond acceptors (Lipinski definition) is 2. The van der Waals surface area contributed by atoms with Gasteiger partial charge in [0, 0.05) is 5.22 Å². The smallest absolute Gasteiger partial charge is 0.354 e. The fraction of sp³-hybridized carbons (Fsp3) is 0. The van der Waals surface area contributed by atoms with Crippen molar-refractivity contribution in [3.63, 3.8) is 0 Å². The summed E-state index contributed by atoms with van der Waals surface area (Å²) in [5.41, 5.74) is 0.0480. The number of para-hydroxylation sites is 1. The standard InChI is InChI=1S/C12H9NO2/c14-12(15)11-8-4-2-6-9-5-1-3-7-10(9)13-11/h1-8H,(H,14,15). The normalized spacial score (nSPS) is 13.7. The van der Waals surface area contributed by atoms with Crippen LogP contribution < -0.4 is 10.6 Å². The van der Waals surface area contributed by atoms with Gasteiger partial charge in [-0.3, -0.25) is 0 Å². The Hall–Kier alpha value is -2.16. The lowest BCUT2D eigenvalue weighted by Crippen LogP contribution is -2.25. The molecular weight excluding hydrogens is 190 g/mol. The third-order valence-corrected chi connectivity index (χ3v) is 2.04. The van der Waals surface area contributed by atoms with E-state index in [1.807, 2.05) is 24.3 Å². The van der Waals surface area contributed by atoms with E-state index in [0.717, 1.165) is 5.22 Å². The zero-order valence-electron chi connectivity index (χ0n) is 7.92. The van der Waals surface area contributed by atoms with E-state index in [2.05, 4.69) is 4.99 Å². The summed E-state index contributed by atoms with van der Waals surface area (Å²) in [6.45, 7) is 0. The molecule has 3 nitrogen and oxygen atoms in total. The Bertz CT molecular complexity index is 568. The Morgan fingerprint density at radius 2 is 1.87 bits per heavy atom. The number of carboxylic acids is 1. The minimum absolute atomic E-state index is 0.0480. The van der Waals surface area contributed by atoms with Crippen LogP contribution in [-0.2, 0) is 4.79 Å². The number of hydrogen-bond donors (Lipinski definition) is 1. The van der Waals surface area contributed by atoms with Gasteiger partial charge in [-0.2, -0.15) is 0 Å². The molecule has 1 aromatic rings. The van der Waals surface area contributed by atoms with E-state index in [4.69, 9.17) is 5.11 Å². The highest BCUT2D eigenvalue weighted by atomic mass is 16.4. The lowest BCUT2D eigenvalue weighted by atomic mass is 10.2. The predicted octanol–water partition coefficient (Wildman–Crippen LogP) is 0.625. The van der Waals surface area contributed by atoms with Gasteiger partial charge in [0.05, 0.1) is 5.36 Å². The van der Waals surface area contributed by atoms with Crippen molar-refractivity contribution < 1.29 is 9.90 Å². The molecule has 0 saturated heterocycles. The van der Waals surface area contributed by atoms with Gasteiger partial charge < -0.3 is 5.11 Å². The van der Waals surface area contributed by atoms with Gasteiger partial charge in [-0.1, -0.05) is 36.4 Å². The topological polar surface area (TPSA) is 49.7 Å². The Labute approximate surface area is 86.4 Å². The average Bonchev–Trinajstić information content (AvgIpc) is 2.18. The fourth-order valence-corrected chi connectivity index (χ4v) is 1.32. The first-order valence-electron chi connectivity index (χ1n) is 4.53. The molecule has 1 aliphatic heterocycles. The van der Waals surface area contributed by atoms with Gasteiger partial charge in [0.25, 0.3) is 0 Å². The summed E-state index contributed by atoms with van der Waals surface area (Å²) in [6, 6.07) is 7.42. The van der Waals surface area contributed by atoms with Gasteiger partial charge in [0.2, 0.25) is 0 Å². The molecule has 1 heterocycles. The average molecular weight is 199 g/mol. The van der Waals surface area contributed by atoms with E-state index in [-0.39, 0.29) is 5.70 Å². The number of benzene rings is 1. The first-order chi connectivity index (χ1) is 7.27. The first-order valence-corrected chi connectivity index (χ1v) is 4.53. The first kappa shape index (κ1) is 9.40. The maximum Gasteiger partial charge on any atom is 0.354 e. The molecule has 0 atom stereocenters. The lowest BCUT2D eigenvalue weighted by Gasteiger charge is -1.95. The molecule has 0 aromatic heterocycles. The van der Waals surface area contributed by atoms with E-state index < -0.39 is 5.97 Å². The summed E-state index contributed by atoms with van der Waals surface area (Å²) >= 11 is 0. The monoisotopic (exact) mass is 199 g/mol. The molecule has 1 aliphatic rings. The zero-order chi connectivity index (χ0) is 10.7. The summed E-state index contributed by atoms with van der Waals surface area (Å²) < 4.78 is 0. The third-order valence-electron chi connectivity index (χ3n) is 2.04. The van der Waals surface area contributed by atoms with Crippen molar-refractivity contribution in [2.45, 2.75) is 0 Å².